The molecule has 2 nitrogen and oxygen atoms in total. The summed E-state index contributed by atoms with van der Waals surface area (Å²) in [7, 11) is 0. The smallest absolute Gasteiger partial charge is 0.0977 e. The second-order valence-electron chi connectivity index (χ2n) is 11.1. The van der Waals surface area contributed by atoms with Crippen molar-refractivity contribution in [1.29, 1.82) is 0 Å². The number of aliphatic hydroxyl groups is 1. The predicted molar refractivity (Wildman–Crippen MR) is 138 cm³/mol. The summed E-state index contributed by atoms with van der Waals surface area (Å²) in [5.41, 5.74) is 5.23. The van der Waals surface area contributed by atoms with Crippen molar-refractivity contribution >= 4 is 0 Å². The van der Waals surface area contributed by atoms with Crippen LogP contribution in [0.15, 0.2) is 103 Å². The number of allylic oxidation sites excluding steroid dienone is 1. The van der Waals surface area contributed by atoms with Crippen LogP contribution in [0.3, 0.4) is 0 Å². The third kappa shape index (κ3) is 3.31. The maximum Gasteiger partial charge on any atom is 0.0977 e. The van der Waals surface area contributed by atoms with Crippen molar-refractivity contribution in [2.24, 2.45) is 17.3 Å². The van der Waals surface area contributed by atoms with E-state index < -0.39 is 5.54 Å². The molecule has 1 heterocycles. The highest BCUT2D eigenvalue weighted by Crippen LogP contribution is 2.60. The van der Waals surface area contributed by atoms with E-state index in [0.29, 0.717) is 11.3 Å². The van der Waals surface area contributed by atoms with Gasteiger partial charge in [-0.3, -0.25) is 4.90 Å². The van der Waals surface area contributed by atoms with Crippen LogP contribution in [-0.2, 0) is 5.54 Å². The van der Waals surface area contributed by atoms with E-state index in [2.05, 4.69) is 116 Å². The average Bonchev–Trinajstić information content (AvgIpc) is 3.68. The number of nitrogens with zero attached hydrogens (tertiary/aromatic N) is 1. The van der Waals surface area contributed by atoms with E-state index in [4.69, 9.17) is 0 Å². The maximum atomic E-state index is 11.5. The lowest BCUT2D eigenvalue weighted by molar-refractivity contribution is -0.0128. The maximum absolute atomic E-state index is 11.5. The molecule has 1 N–H and O–H groups in total. The van der Waals surface area contributed by atoms with Gasteiger partial charge in [-0.15, -0.1) is 0 Å². The van der Waals surface area contributed by atoms with E-state index in [1.54, 1.807) is 0 Å². The van der Waals surface area contributed by atoms with Crippen LogP contribution in [0.1, 0.15) is 49.8 Å². The Hall–Kier alpha value is -2.68. The van der Waals surface area contributed by atoms with E-state index in [-0.39, 0.29) is 12.1 Å². The molecule has 0 aromatic heterocycles. The lowest BCUT2D eigenvalue weighted by Gasteiger charge is -2.56. The summed E-state index contributed by atoms with van der Waals surface area (Å²) in [4.78, 5) is 2.52. The fraction of sp³-hybridized carbons (Fsp3) is 0.375. The average molecular weight is 450 g/mol. The Morgan fingerprint density at radius 2 is 1.35 bits per heavy atom. The molecule has 2 bridgehead atoms. The standard InChI is InChI=1S/C32H35NO/c1-31(2)27-19-18-23(28(31)21-27)20-30(34)29-22-33(29)32(24-12-6-3-7-13-24,25-14-8-4-9-15-25)26-16-10-5-11-17-26/h3-18,27-30,34H,19-22H2,1-2H3/t27-,28-,29+,30+,33?/m1/s1. The van der Waals surface area contributed by atoms with Crippen molar-refractivity contribution in [1.82, 2.24) is 4.90 Å². The molecular formula is C32H35NO. The van der Waals surface area contributed by atoms with Crippen molar-refractivity contribution in [3.05, 3.63) is 119 Å². The molecule has 3 aliphatic carbocycles. The topological polar surface area (TPSA) is 23.2 Å². The van der Waals surface area contributed by atoms with Crippen LogP contribution in [-0.4, -0.2) is 28.7 Å². The lowest BCUT2D eigenvalue weighted by Crippen LogP contribution is -2.48. The monoisotopic (exact) mass is 449 g/mol. The summed E-state index contributed by atoms with van der Waals surface area (Å²) in [6, 6.07) is 32.6. The zero-order chi connectivity index (χ0) is 23.3. The quantitative estimate of drug-likeness (QED) is 0.256. The van der Waals surface area contributed by atoms with Crippen LogP contribution in [0, 0.1) is 17.3 Å². The van der Waals surface area contributed by atoms with Gasteiger partial charge in [-0.25, -0.2) is 0 Å². The van der Waals surface area contributed by atoms with Gasteiger partial charge in [0.25, 0.3) is 0 Å². The summed E-state index contributed by atoms with van der Waals surface area (Å²) in [5.74, 6) is 1.48. The Morgan fingerprint density at radius 3 is 1.79 bits per heavy atom. The van der Waals surface area contributed by atoms with Crippen molar-refractivity contribution in [2.75, 3.05) is 6.54 Å². The van der Waals surface area contributed by atoms with E-state index in [9.17, 15) is 5.11 Å². The molecule has 3 aromatic carbocycles. The molecule has 2 fully saturated rings. The minimum Gasteiger partial charge on any atom is -0.391 e. The summed E-state index contributed by atoms with van der Waals surface area (Å²) < 4.78 is 0. The SMILES string of the molecule is CC1(C)[C@@H]2CC=C(C[C@H](O)[C@@H]3CN3C(c3ccccc3)(c3ccccc3)c3ccccc3)[C@H]1C2. The molecular weight excluding hydrogens is 414 g/mol. The van der Waals surface area contributed by atoms with Crippen LogP contribution in [0.25, 0.3) is 0 Å². The van der Waals surface area contributed by atoms with Crippen LogP contribution < -0.4 is 0 Å². The molecule has 1 unspecified atom stereocenters. The minimum absolute atomic E-state index is 0.141. The number of hydrogen-bond donors (Lipinski definition) is 1. The Bertz CT molecular complexity index is 1070. The van der Waals surface area contributed by atoms with Crippen molar-refractivity contribution in [3.8, 4) is 0 Å². The summed E-state index contributed by atoms with van der Waals surface area (Å²) in [6.45, 7) is 5.73. The van der Waals surface area contributed by atoms with E-state index in [1.807, 2.05) is 0 Å². The zero-order valence-corrected chi connectivity index (χ0v) is 20.3. The van der Waals surface area contributed by atoms with E-state index in [0.717, 1.165) is 18.9 Å². The summed E-state index contributed by atoms with van der Waals surface area (Å²) in [6.07, 6.45) is 5.38. The molecule has 5 atom stereocenters. The van der Waals surface area contributed by atoms with Crippen LogP contribution >= 0.6 is 0 Å². The highest BCUT2D eigenvalue weighted by molar-refractivity contribution is 5.51. The van der Waals surface area contributed by atoms with Crippen molar-refractivity contribution < 1.29 is 5.11 Å². The summed E-state index contributed by atoms with van der Waals surface area (Å²) in [5, 5.41) is 11.5. The molecule has 0 spiro atoms. The van der Waals surface area contributed by atoms with Gasteiger partial charge in [0.1, 0.15) is 0 Å². The van der Waals surface area contributed by atoms with Gasteiger partial charge in [0, 0.05) is 6.54 Å². The third-order valence-electron chi connectivity index (χ3n) is 9.13. The largest absolute Gasteiger partial charge is 0.391 e. The normalized spacial score (nSPS) is 27.9. The lowest BCUT2D eigenvalue weighted by atomic mass is 9.48. The first kappa shape index (κ1) is 21.8. The van der Waals surface area contributed by atoms with Gasteiger partial charge in [-0.1, -0.05) is 116 Å². The van der Waals surface area contributed by atoms with E-state index in [1.165, 1.54) is 35.1 Å². The third-order valence-corrected chi connectivity index (χ3v) is 9.13. The van der Waals surface area contributed by atoms with Gasteiger partial charge in [0.2, 0.25) is 0 Å². The predicted octanol–water partition coefficient (Wildman–Crippen LogP) is 6.41. The van der Waals surface area contributed by atoms with Gasteiger partial charge in [0.15, 0.2) is 0 Å². The number of benzene rings is 3. The molecule has 1 saturated carbocycles. The first-order valence-electron chi connectivity index (χ1n) is 12.8. The molecule has 34 heavy (non-hydrogen) atoms. The van der Waals surface area contributed by atoms with Gasteiger partial charge in [0.05, 0.1) is 17.7 Å². The van der Waals surface area contributed by atoms with Gasteiger partial charge >= 0.3 is 0 Å². The Labute approximate surface area is 204 Å². The molecule has 1 saturated heterocycles. The second-order valence-corrected chi connectivity index (χ2v) is 11.1. The first-order valence-corrected chi connectivity index (χ1v) is 12.8. The zero-order valence-electron chi connectivity index (χ0n) is 20.3. The highest BCUT2D eigenvalue weighted by atomic mass is 16.3. The Morgan fingerprint density at radius 1 is 0.853 bits per heavy atom. The Balaban J connectivity index is 1.38. The molecule has 2 heteroatoms. The molecule has 0 amide bonds. The summed E-state index contributed by atoms with van der Waals surface area (Å²) >= 11 is 0. The minimum atomic E-state index is -0.419. The van der Waals surface area contributed by atoms with Crippen molar-refractivity contribution in [3.63, 3.8) is 0 Å². The number of fused-ring (bicyclic) bond motifs is 1. The van der Waals surface area contributed by atoms with Crippen LogP contribution in [0.4, 0.5) is 0 Å². The van der Waals surface area contributed by atoms with Gasteiger partial charge in [-0.05, 0) is 53.2 Å². The van der Waals surface area contributed by atoms with Crippen LogP contribution in [0.5, 0.6) is 0 Å². The second kappa shape index (κ2) is 8.22. The molecule has 7 rings (SSSR count). The number of hydrogen-bond acceptors (Lipinski definition) is 2. The van der Waals surface area contributed by atoms with Gasteiger partial charge < -0.3 is 5.11 Å². The van der Waals surface area contributed by atoms with Gasteiger partial charge in [-0.2, -0.15) is 0 Å². The number of rotatable bonds is 7. The molecule has 1 aliphatic heterocycles. The molecule has 174 valence electrons. The fourth-order valence-corrected chi connectivity index (χ4v) is 6.99. The van der Waals surface area contributed by atoms with Crippen LogP contribution in [0.2, 0.25) is 0 Å². The molecule has 4 aliphatic rings. The van der Waals surface area contributed by atoms with Crippen molar-refractivity contribution in [2.45, 2.75) is 50.8 Å². The molecule has 3 aromatic rings. The first-order chi connectivity index (χ1) is 16.5. The van der Waals surface area contributed by atoms with E-state index >= 15 is 0 Å². The highest BCUT2D eigenvalue weighted by Gasteiger charge is 2.56. The fourth-order valence-electron chi connectivity index (χ4n) is 6.99. The number of aliphatic hydroxyl groups excluding tert-OH is 1. The Kier molecular flexibility index (Phi) is 5.28. The molecule has 0 radical (unpaired) electrons.